The Morgan fingerprint density at radius 2 is 2.09 bits per heavy atom. The minimum Gasteiger partial charge on any atom is -0.348 e. The number of H-pyrrole nitrogens is 1. The van der Waals surface area contributed by atoms with Gasteiger partial charge in [-0.15, -0.1) is 5.10 Å². The van der Waals surface area contributed by atoms with Crippen LogP contribution < -0.4 is 15.5 Å². The summed E-state index contributed by atoms with van der Waals surface area (Å²) >= 11 is 0. The smallest absolute Gasteiger partial charge is 0.269 e. The number of nitrogens with zero attached hydrogens (tertiary/aromatic N) is 6. The third-order valence-electron chi connectivity index (χ3n) is 5.90. The van der Waals surface area contributed by atoms with Crippen LogP contribution in [-0.2, 0) is 0 Å². The summed E-state index contributed by atoms with van der Waals surface area (Å²) in [6, 6.07) is 12.0. The molecule has 1 atom stereocenters. The number of carbonyl (C=O) groups is 1. The fraction of sp³-hybridized carbons (Fsp3) is 0.318. The van der Waals surface area contributed by atoms with E-state index in [1.165, 1.54) is 0 Å². The van der Waals surface area contributed by atoms with Crippen LogP contribution in [-0.4, -0.2) is 48.3 Å². The van der Waals surface area contributed by atoms with E-state index in [0.717, 1.165) is 43.4 Å². The summed E-state index contributed by atoms with van der Waals surface area (Å²) in [5.74, 6) is 1.65. The third-order valence-corrected chi connectivity index (χ3v) is 5.90. The predicted molar refractivity (Wildman–Crippen MR) is 119 cm³/mol. The maximum atomic E-state index is 12.3. The van der Waals surface area contributed by atoms with E-state index in [0.29, 0.717) is 29.3 Å². The number of aromatic nitrogens is 6. The van der Waals surface area contributed by atoms with Gasteiger partial charge in [-0.3, -0.25) is 14.9 Å². The number of rotatable bonds is 6. The Balaban J connectivity index is 1.30. The van der Waals surface area contributed by atoms with E-state index >= 15 is 0 Å². The third kappa shape index (κ3) is 3.53. The zero-order valence-electron chi connectivity index (χ0n) is 17.4. The molecule has 4 aromatic rings. The molecule has 2 aliphatic rings. The topological polar surface area (TPSA) is 116 Å². The van der Waals surface area contributed by atoms with E-state index in [1.807, 2.05) is 47.2 Å². The highest BCUT2D eigenvalue weighted by Gasteiger charge is 2.30. The van der Waals surface area contributed by atoms with Gasteiger partial charge in [-0.2, -0.15) is 10.1 Å². The minimum atomic E-state index is -0.139. The molecule has 0 bridgehead atoms. The molecule has 1 amide bonds. The van der Waals surface area contributed by atoms with Crippen LogP contribution in [0.2, 0.25) is 0 Å². The number of hydrogen-bond acceptors (Lipinski definition) is 7. The van der Waals surface area contributed by atoms with Crippen molar-refractivity contribution in [2.45, 2.75) is 37.8 Å². The van der Waals surface area contributed by atoms with Gasteiger partial charge >= 0.3 is 0 Å². The summed E-state index contributed by atoms with van der Waals surface area (Å²) in [5, 5.41) is 18.0. The second kappa shape index (κ2) is 7.63. The van der Waals surface area contributed by atoms with Crippen molar-refractivity contribution in [1.29, 1.82) is 0 Å². The van der Waals surface area contributed by atoms with Crippen molar-refractivity contribution in [1.82, 2.24) is 35.1 Å². The SMILES string of the molecule is O=C(NC1CC1)c1cc(Nc2nc(N3CCCC3c3ccccn3)nn3cccc23)n[nH]1. The Morgan fingerprint density at radius 1 is 1.16 bits per heavy atom. The normalized spacial score (nSPS) is 18.2. The molecule has 6 rings (SSSR count). The van der Waals surface area contributed by atoms with Crippen molar-refractivity contribution in [3.63, 3.8) is 0 Å². The number of carbonyl (C=O) groups excluding carboxylic acids is 1. The van der Waals surface area contributed by atoms with Gasteiger partial charge in [0.2, 0.25) is 5.95 Å². The first kappa shape index (κ1) is 18.8. The Kier molecular flexibility index (Phi) is 4.48. The van der Waals surface area contributed by atoms with Gasteiger partial charge in [0, 0.05) is 31.0 Å². The number of hydrogen-bond donors (Lipinski definition) is 3. The van der Waals surface area contributed by atoms with Gasteiger partial charge in [0.15, 0.2) is 11.6 Å². The lowest BCUT2D eigenvalue weighted by Crippen LogP contribution is -2.26. The lowest BCUT2D eigenvalue weighted by molar-refractivity contribution is 0.0946. The first-order valence-electron chi connectivity index (χ1n) is 10.9. The maximum absolute atomic E-state index is 12.3. The summed E-state index contributed by atoms with van der Waals surface area (Å²) in [4.78, 5) is 23.9. The Morgan fingerprint density at radius 3 is 2.94 bits per heavy atom. The molecule has 4 aromatic heterocycles. The highest BCUT2D eigenvalue weighted by molar-refractivity contribution is 5.93. The van der Waals surface area contributed by atoms with E-state index in [1.54, 1.807) is 6.07 Å². The first-order chi connectivity index (χ1) is 15.7. The minimum absolute atomic E-state index is 0.139. The molecule has 5 heterocycles. The molecule has 10 nitrogen and oxygen atoms in total. The summed E-state index contributed by atoms with van der Waals surface area (Å²) < 4.78 is 1.81. The highest BCUT2D eigenvalue weighted by Crippen LogP contribution is 2.34. The van der Waals surface area contributed by atoms with Crippen LogP contribution in [0.1, 0.15) is 47.9 Å². The molecule has 1 saturated carbocycles. The molecule has 1 aliphatic carbocycles. The predicted octanol–water partition coefficient (Wildman–Crippen LogP) is 2.82. The second-order valence-electron chi connectivity index (χ2n) is 8.24. The fourth-order valence-electron chi connectivity index (χ4n) is 4.14. The molecule has 10 heteroatoms. The molecule has 1 aliphatic heterocycles. The molecule has 32 heavy (non-hydrogen) atoms. The molecule has 0 aromatic carbocycles. The van der Waals surface area contributed by atoms with Gasteiger partial charge in [-0.05, 0) is 49.9 Å². The number of pyridine rings is 1. The van der Waals surface area contributed by atoms with E-state index < -0.39 is 0 Å². The molecular formula is C22H23N9O. The van der Waals surface area contributed by atoms with Crippen LogP contribution in [0.25, 0.3) is 5.52 Å². The van der Waals surface area contributed by atoms with Gasteiger partial charge in [0.1, 0.15) is 11.2 Å². The summed E-state index contributed by atoms with van der Waals surface area (Å²) in [6.07, 6.45) is 7.86. The van der Waals surface area contributed by atoms with Crippen molar-refractivity contribution in [2.75, 3.05) is 16.8 Å². The van der Waals surface area contributed by atoms with Crippen molar-refractivity contribution in [2.24, 2.45) is 0 Å². The Labute approximate surface area is 184 Å². The fourth-order valence-corrected chi connectivity index (χ4v) is 4.14. The van der Waals surface area contributed by atoms with Gasteiger partial charge in [-0.25, -0.2) is 4.52 Å². The molecule has 3 N–H and O–H groups in total. The number of nitrogens with one attached hydrogen (secondary N) is 3. The molecule has 1 unspecified atom stereocenters. The quantitative estimate of drug-likeness (QED) is 0.432. The van der Waals surface area contributed by atoms with Gasteiger partial charge in [-0.1, -0.05) is 6.07 Å². The van der Waals surface area contributed by atoms with Crippen LogP contribution in [0.5, 0.6) is 0 Å². The van der Waals surface area contributed by atoms with Crippen LogP contribution in [0, 0.1) is 0 Å². The van der Waals surface area contributed by atoms with Gasteiger partial charge in [0.05, 0.1) is 11.7 Å². The summed E-state index contributed by atoms with van der Waals surface area (Å²) in [7, 11) is 0. The number of anilines is 3. The maximum Gasteiger partial charge on any atom is 0.269 e. The zero-order valence-corrected chi connectivity index (χ0v) is 17.4. The van der Waals surface area contributed by atoms with E-state index in [4.69, 9.17) is 10.1 Å². The lowest BCUT2D eigenvalue weighted by atomic mass is 10.1. The van der Waals surface area contributed by atoms with Crippen molar-refractivity contribution in [3.8, 4) is 0 Å². The molecule has 1 saturated heterocycles. The van der Waals surface area contributed by atoms with E-state index in [-0.39, 0.29) is 11.9 Å². The highest BCUT2D eigenvalue weighted by atomic mass is 16.2. The number of aromatic amines is 1. The lowest BCUT2D eigenvalue weighted by Gasteiger charge is -2.24. The van der Waals surface area contributed by atoms with Crippen molar-refractivity contribution in [3.05, 3.63) is 60.2 Å². The van der Waals surface area contributed by atoms with Crippen LogP contribution in [0.4, 0.5) is 17.6 Å². The zero-order chi connectivity index (χ0) is 21.5. The molecule has 0 spiro atoms. The summed E-state index contributed by atoms with van der Waals surface area (Å²) in [5.41, 5.74) is 2.28. The van der Waals surface area contributed by atoms with Crippen molar-refractivity contribution < 1.29 is 4.79 Å². The monoisotopic (exact) mass is 429 g/mol. The number of fused-ring (bicyclic) bond motifs is 1. The average Bonchev–Trinajstić information content (AvgIpc) is 3.23. The number of amides is 1. The first-order valence-corrected chi connectivity index (χ1v) is 10.9. The molecular weight excluding hydrogens is 406 g/mol. The average molecular weight is 429 g/mol. The van der Waals surface area contributed by atoms with Gasteiger partial charge < -0.3 is 15.5 Å². The molecule has 0 radical (unpaired) electrons. The molecule has 2 fully saturated rings. The van der Waals surface area contributed by atoms with Crippen molar-refractivity contribution >= 4 is 29.0 Å². The largest absolute Gasteiger partial charge is 0.348 e. The van der Waals surface area contributed by atoms with Crippen LogP contribution in [0.15, 0.2) is 48.8 Å². The van der Waals surface area contributed by atoms with E-state index in [2.05, 4.69) is 30.7 Å². The Bertz CT molecular complexity index is 1260. The molecule has 162 valence electrons. The van der Waals surface area contributed by atoms with Gasteiger partial charge in [0.25, 0.3) is 5.91 Å². The van der Waals surface area contributed by atoms with Crippen LogP contribution >= 0.6 is 0 Å². The summed E-state index contributed by atoms with van der Waals surface area (Å²) in [6.45, 7) is 0.862. The van der Waals surface area contributed by atoms with Crippen LogP contribution in [0.3, 0.4) is 0 Å². The second-order valence-corrected chi connectivity index (χ2v) is 8.24. The Hall–Kier alpha value is -3.95. The standard InChI is InChI=1S/C22H23N9O/c32-21(24-14-8-9-14)16-13-19(28-27-16)25-20-18-7-4-12-31(18)29-22(26-20)30-11-3-6-17(30)15-5-1-2-10-23-15/h1-2,4-5,7,10,12-14,17H,3,6,8-9,11H2,(H,24,32)(H2,25,26,27,28,29). The van der Waals surface area contributed by atoms with E-state index in [9.17, 15) is 4.79 Å².